The van der Waals surface area contributed by atoms with E-state index < -0.39 is 0 Å². The van der Waals surface area contributed by atoms with Crippen molar-refractivity contribution in [3.05, 3.63) is 102 Å². The molecule has 3 heteroatoms. The first kappa shape index (κ1) is 23.7. The molecule has 1 aliphatic rings. The molecule has 1 fully saturated rings. The topological polar surface area (TPSA) is 40.8 Å². The van der Waals surface area contributed by atoms with Crippen LogP contribution >= 0.6 is 0 Å². The largest absolute Gasteiger partial charge is 0.454 e. The van der Waals surface area contributed by atoms with E-state index in [2.05, 4.69) is 79.3 Å². The molecule has 0 amide bonds. The van der Waals surface area contributed by atoms with Crippen molar-refractivity contribution in [1.29, 1.82) is 5.26 Å². The van der Waals surface area contributed by atoms with Crippen LogP contribution in [0.4, 0.5) is 0 Å². The maximum absolute atomic E-state index is 9.84. The number of aryl methyl sites for hydroxylation is 2. The molecule has 0 aliphatic heterocycles. The first-order valence-electron chi connectivity index (χ1n) is 14.0. The Hall–Kier alpha value is -4.42. The summed E-state index contributed by atoms with van der Waals surface area (Å²) in [6.45, 7) is 2.16. The number of aromatic nitrogens is 1. The fraction of sp³-hybridized carbons (Fsp3) is 0.222. The maximum atomic E-state index is 9.84. The number of furan rings is 1. The molecule has 39 heavy (non-hydrogen) atoms. The van der Waals surface area contributed by atoms with Gasteiger partial charge in [0.2, 0.25) is 5.69 Å². The van der Waals surface area contributed by atoms with Gasteiger partial charge in [0.05, 0.1) is 22.6 Å². The zero-order chi connectivity index (χ0) is 26.5. The minimum Gasteiger partial charge on any atom is -0.454 e. The predicted octanol–water partition coefficient (Wildman–Crippen LogP) is 9.13. The molecule has 2 aromatic heterocycles. The van der Waals surface area contributed by atoms with Crippen LogP contribution in [-0.2, 0) is 7.05 Å². The highest BCUT2D eigenvalue weighted by atomic mass is 16.3. The Morgan fingerprint density at radius 2 is 1.62 bits per heavy atom. The fourth-order valence-corrected chi connectivity index (χ4v) is 6.62. The number of pyridine rings is 1. The lowest BCUT2D eigenvalue weighted by molar-refractivity contribution is -0.659. The molecule has 0 bridgehead atoms. The van der Waals surface area contributed by atoms with Crippen LogP contribution in [0, 0.1) is 18.3 Å². The van der Waals surface area contributed by atoms with Crippen LogP contribution in [0.2, 0.25) is 0 Å². The van der Waals surface area contributed by atoms with E-state index in [1.807, 2.05) is 30.3 Å². The van der Waals surface area contributed by atoms with Crippen molar-refractivity contribution in [2.24, 2.45) is 7.05 Å². The minimum atomic E-state index is 0.636. The summed E-state index contributed by atoms with van der Waals surface area (Å²) in [6, 6.07) is 30.1. The highest BCUT2D eigenvalue weighted by Crippen LogP contribution is 2.43. The Bertz CT molecular complexity index is 1920. The minimum absolute atomic E-state index is 0.636. The van der Waals surface area contributed by atoms with Crippen molar-refractivity contribution < 1.29 is 8.98 Å². The number of rotatable bonds is 3. The monoisotopic (exact) mass is 507 g/mol. The molecule has 0 saturated heterocycles. The summed E-state index contributed by atoms with van der Waals surface area (Å²) >= 11 is 0. The van der Waals surface area contributed by atoms with Gasteiger partial charge in [-0.25, -0.2) is 4.57 Å². The number of hydrogen-bond donors (Lipinski definition) is 0. The zero-order valence-corrected chi connectivity index (χ0v) is 22.5. The van der Waals surface area contributed by atoms with Crippen molar-refractivity contribution in [2.75, 3.05) is 0 Å². The van der Waals surface area contributed by atoms with E-state index in [0.29, 0.717) is 11.5 Å². The molecule has 4 aromatic carbocycles. The molecule has 0 spiro atoms. The van der Waals surface area contributed by atoms with Gasteiger partial charge < -0.3 is 4.42 Å². The van der Waals surface area contributed by atoms with E-state index in [1.165, 1.54) is 54.0 Å². The van der Waals surface area contributed by atoms with E-state index in [9.17, 15) is 5.26 Å². The van der Waals surface area contributed by atoms with Crippen LogP contribution in [0.3, 0.4) is 0 Å². The van der Waals surface area contributed by atoms with Crippen LogP contribution in [-0.4, -0.2) is 0 Å². The van der Waals surface area contributed by atoms with E-state index in [-0.39, 0.29) is 0 Å². The van der Waals surface area contributed by atoms with Crippen molar-refractivity contribution in [3.8, 4) is 28.5 Å². The summed E-state index contributed by atoms with van der Waals surface area (Å²) in [6.07, 6.45) is 8.81. The van der Waals surface area contributed by atoms with Crippen LogP contribution < -0.4 is 4.57 Å². The Morgan fingerprint density at radius 3 is 2.41 bits per heavy atom. The van der Waals surface area contributed by atoms with Crippen molar-refractivity contribution in [2.45, 2.75) is 44.9 Å². The Balaban J connectivity index is 1.50. The highest BCUT2D eigenvalue weighted by molar-refractivity contribution is 6.15. The maximum Gasteiger partial charge on any atom is 0.224 e. The average Bonchev–Trinajstić information content (AvgIpc) is 3.36. The van der Waals surface area contributed by atoms with Gasteiger partial charge in [-0.15, -0.1) is 0 Å². The highest BCUT2D eigenvalue weighted by Gasteiger charge is 2.25. The first-order valence-corrected chi connectivity index (χ1v) is 14.0. The van der Waals surface area contributed by atoms with Crippen molar-refractivity contribution in [1.82, 2.24) is 0 Å². The van der Waals surface area contributed by atoms with Gasteiger partial charge in [-0.1, -0.05) is 73.9 Å². The van der Waals surface area contributed by atoms with Gasteiger partial charge in [-0.2, -0.15) is 5.26 Å². The Kier molecular flexibility index (Phi) is 5.71. The van der Waals surface area contributed by atoms with Gasteiger partial charge in [-0.05, 0) is 66.0 Å². The number of fused-ring (bicyclic) bond motifs is 4. The number of hydrogen-bond acceptors (Lipinski definition) is 2. The lowest BCUT2D eigenvalue weighted by Gasteiger charge is -2.22. The summed E-state index contributed by atoms with van der Waals surface area (Å²) in [7, 11) is 2.12. The van der Waals surface area contributed by atoms with Crippen molar-refractivity contribution in [3.63, 3.8) is 0 Å². The predicted molar refractivity (Wildman–Crippen MR) is 159 cm³/mol. The third-order valence-electron chi connectivity index (χ3n) is 8.64. The number of nitrogens with zero attached hydrogens (tertiary/aromatic N) is 2. The Labute approximate surface area is 228 Å². The summed E-state index contributed by atoms with van der Waals surface area (Å²) in [5.41, 5.74) is 9.23. The molecule has 3 nitrogen and oxygen atoms in total. The fourth-order valence-electron chi connectivity index (χ4n) is 6.62. The van der Waals surface area contributed by atoms with Gasteiger partial charge in [0.1, 0.15) is 18.2 Å². The summed E-state index contributed by atoms with van der Waals surface area (Å²) in [5, 5.41) is 14.4. The van der Waals surface area contributed by atoms with Gasteiger partial charge in [-0.3, -0.25) is 0 Å². The summed E-state index contributed by atoms with van der Waals surface area (Å²) in [4.78, 5) is 0. The number of benzene rings is 4. The lowest BCUT2D eigenvalue weighted by Crippen LogP contribution is -2.30. The van der Waals surface area contributed by atoms with E-state index in [0.717, 1.165) is 44.3 Å². The molecule has 0 radical (unpaired) electrons. The van der Waals surface area contributed by atoms with Gasteiger partial charge >= 0.3 is 0 Å². The SMILES string of the molecule is Cc1ccc2c(oc3c(-c4ccccc4)cc(C#N)cc32)c1-c1c2ccc(C3CCCCC3)cc2cc[n+]1C. The molecule has 1 aliphatic carbocycles. The third-order valence-corrected chi connectivity index (χ3v) is 8.64. The third kappa shape index (κ3) is 3.91. The quantitative estimate of drug-likeness (QED) is 0.224. The van der Waals surface area contributed by atoms with Gasteiger partial charge in [0, 0.05) is 22.4 Å². The lowest BCUT2D eigenvalue weighted by atomic mass is 9.83. The summed E-state index contributed by atoms with van der Waals surface area (Å²) < 4.78 is 9.02. The molecule has 2 heterocycles. The number of nitriles is 1. The summed E-state index contributed by atoms with van der Waals surface area (Å²) in [5.74, 6) is 0.673. The van der Waals surface area contributed by atoms with Crippen LogP contribution in [0.25, 0.3) is 55.1 Å². The molecule has 0 atom stereocenters. The van der Waals surface area contributed by atoms with Crippen LogP contribution in [0.1, 0.15) is 54.7 Å². The second-order valence-electron chi connectivity index (χ2n) is 11.1. The standard InChI is InChI=1S/C36H31N2O/c1-23-13-15-30-32-20-24(22-37)19-31(26-11-7-4-8-12-26)35(32)39-36(30)33(23)34-29-16-14-27(25-9-5-3-6-10-25)21-28(29)17-18-38(34)2/h4,7-8,11-21,25H,3,5-6,9-10H2,1-2H3/q+1. The van der Waals surface area contributed by atoms with Gasteiger partial charge in [0.25, 0.3) is 0 Å². The van der Waals surface area contributed by atoms with Gasteiger partial charge in [0.15, 0.2) is 6.20 Å². The van der Waals surface area contributed by atoms with E-state index >= 15 is 0 Å². The molecule has 0 N–H and O–H groups in total. The molecule has 0 unspecified atom stereocenters. The van der Waals surface area contributed by atoms with E-state index in [1.54, 1.807) is 0 Å². The van der Waals surface area contributed by atoms with Crippen LogP contribution in [0.5, 0.6) is 0 Å². The normalized spacial score (nSPS) is 14.3. The molecular formula is C36H31N2O+. The average molecular weight is 508 g/mol. The van der Waals surface area contributed by atoms with Crippen molar-refractivity contribution >= 4 is 32.7 Å². The molecule has 1 saturated carbocycles. The first-order chi connectivity index (χ1) is 19.1. The molecular weight excluding hydrogens is 476 g/mol. The second kappa shape index (κ2) is 9.40. The molecule has 190 valence electrons. The smallest absolute Gasteiger partial charge is 0.224 e. The Morgan fingerprint density at radius 1 is 0.821 bits per heavy atom. The second-order valence-corrected chi connectivity index (χ2v) is 11.1. The van der Waals surface area contributed by atoms with E-state index in [4.69, 9.17) is 4.42 Å². The molecule has 7 rings (SSSR count). The molecule has 6 aromatic rings. The zero-order valence-electron chi connectivity index (χ0n) is 22.5. The van der Waals surface area contributed by atoms with Crippen LogP contribution in [0.15, 0.2) is 89.5 Å².